The molecule has 4 heteroatoms. The third kappa shape index (κ3) is 3.03. The van der Waals surface area contributed by atoms with Crippen molar-refractivity contribution >= 4 is 5.69 Å². The molecule has 1 saturated carbocycles. The first-order valence-corrected chi connectivity index (χ1v) is 5.28. The molecule has 1 heterocycles. The summed E-state index contributed by atoms with van der Waals surface area (Å²) in [7, 11) is 1.93. The predicted octanol–water partition coefficient (Wildman–Crippen LogP) is 0.832. The summed E-state index contributed by atoms with van der Waals surface area (Å²) in [6, 6.07) is 0. The fourth-order valence-electron chi connectivity index (χ4n) is 1.44. The topological polar surface area (TPSA) is 41.9 Å². The summed E-state index contributed by atoms with van der Waals surface area (Å²) in [4.78, 5) is 0. The van der Waals surface area contributed by atoms with Gasteiger partial charge in [0.25, 0.3) is 0 Å². The van der Waals surface area contributed by atoms with Crippen LogP contribution in [0.3, 0.4) is 0 Å². The monoisotopic (exact) mass is 194 g/mol. The van der Waals surface area contributed by atoms with E-state index in [0.717, 1.165) is 24.7 Å². The van der Waals surface area contributed by atoms with Gasteiger partial charge in [-0.15, -0.1) is 0 Å². The fourth-order valence-corrected chi connectivity index (χ4v) is 1.44. The Balaban J connectivity index is 1.53. The number of aromatic nitrogens is 2. The lowest BCUT2D eigenvalue weighted by Crippen LogP contribution is -2.23. The molecule has 1 aromatic rings. The van der Waals surface area contributed by atoms with Gasteiger partial charge in [0.05, 0.1) is 11.9 Å². The first-order valence-electron chi connectivity index (χ1n) is 5.28. The van der Waals surface area contributed by atoms with Crippen LogP contribution in [0.4, 0.5) is 5.69 Å². The second kappa shape index (κ2) is 4.46. The molecule has 0 radical (unpaired) electrons. The Hall–Kier alpha value is -1.03. The van der Waals surface area contributed by atoms with Crippen molar-refractivity contribution < 1.29 is 0 Å². The van der Waals surface area contributed by atoms with Crippen molar-refractivity contribution in [3.8, 4) is 0 Å². The Bertz CT molecular complexity index is 277. The molecular formula is C10H18N4. The minimum absolute atomic E-state index is 0.966. The lowest BCUT2D eigenvalue weighted by Gasteiger charge is -2.04. The van der Waals surface area contributed by atoms with Gasteiger partial charge in [-0.2, -0.15) is 5.10 Å². The molecule has 0 unspecified atom stereocenters. The van der Waals surface area contributed by atoms with Crippen LogP contribution in [0.25, 0.3) is 0 Å². The fraction of sp³-hybridized carbons (Fsp3) is 0.700. The molecule has 0 aliphatic heterocycles. The summed E-state index contributed by atoms with van der Waals surface area (Å²) in [6.45, 7) is 3.19. The molecule has 1 aliphatic rings. The van der Waals surface area contributed by atoms with Gasteiger partial charge in [-0.25, -0.2) is 0 Å². The minimum atomic E-state index is 0.966. The summed E-state index contributed by atoms with van der Waals surface area (Å²) in [5, 5.41) is 10.8. The average Bonchev–Trinajstić information content (AvgIpc) is 2.89. The van der Waals surface area contributed by atoms with Crippen molar-refractivity contribution in [2.24, 2.45) is 13.0 Å². The Labute approximate surface area is 84.7 Å². The van der Waals surface area contributed by atoms with Gasteiger partial charge in [-0.3, -0.25) is 4.68 Å². The highest BCUT2D eigenvalue weighted by molar-refractivity contribution is 5.37. The van der Waals surface area contributed by atoms with E-state index in [4.69, 9.17) is 0 Å². The van der Waals surface area contributed by atoms with Crippen LogP contribution >= 0.6 is 0 Å². The van der Waals surface area contributed by atoms with E-state index < -0.39 is 0 Å². The van der Waals surface area contributed by atoms with E-state index in [2.05, 4.69) is 15.7 Å². The Morgan fingerprint density at radius 1 is 1.50 bits per heavy atom. The van der Waals surface area contributed by atoms with Gasteiger partial charge >= 0.3 is 0 Å². The lowest BCUT2D eigenvalue weighted by atomic mass is 10.4. The Morgan fingerprint density at radius 3 is 3.00 bits per heavy atom. The predicted molar refractivity (Wildman–Crippen MR) is 57.3 cm³/mol. The van der Waals surface area contributed by atoms with Crippen LogP contribution in [0.15, 0.2) is 12.4 Å². The average molecular weight is 194 g/mol. The van der Waals surface area contributed by atoms with E-state index >= 15 is 0 Å². The smallest absolute Gasteiger partial charge is 0.0726 e. The third-order valence-electron chi connectivity index (χ3n) is 2.47. The highest BCUT2D eigenvalue weighted by atomic mass is 15.3. The summed E-state index contributed by atoms with van der Waals surface area (Å²) in [5.41, 5.74) is 1.10. The Kier molecular flexibility index (Phi) is 3.03. The third-order valence-corrected chi connectivity index (χ3v) is 2.47. The van der Waals surface area contributed by atoms with E-state index in [9.17, 15) is 0 Å². The molecule has 0 saturated heterocycles. The molecule has 0 atom stereocenters. The van der Waals surface area contributed by atoms with E-state index in [1.807, 2.05) is 19.4 Å². The van der Waals surface area contributed by atoms with Crippen LogP contribution in [0.5, 0.6) is 0 Å². The van der Waals surface area contributed by atoms with E-state index in [1.54, 1.807) is 4.68 Å². The molecule has 2 N–H and O–H groups in total. The van der Waals surface area contributed by atoms with Gasteiger partial charge in [0.1, 0.15) is 0 Å². The van der Waals surface area contributed by atoms with Crippen molar-refractivity contribution in [3.05, 3.63) is 12.4 Å². The summed E-state index contributed by atoms with van der Waals surface area (Å²) < 4.78 is 1.81. The largest absolute Gasteiger partial charge is 0.381 e. The molecule has 0 aromatic carbocycles. The van der Waals surface area contributed by atoms with Gasteiger partial charge in [0.15, 0.2) is 0 Å². The lowest BCUT2D eigenvalue weighted by molar-refractivity contribution is 0.650. The van der Waals surface area contributed by atoms with E-state index in [0.29, 0.717) is 0 Å². The maximum Gasteiger partial charge on any atom is 0.0726 e. The second-order valence-corrected chi connectivity index (χ2v) is 3.98. The first kappa shape index (κ1) is 9.52. The van der Waals surface area contributed by atoms with E-state index in [1.165, 1.54) is 19.4 Å². The summed E-state index contributed by atoms with van der Waals surface area (Å²) >= 11 is 0. The summed E-state index contributed by atoms with van der Waals surface area (Å²) in [5.74, 6) is 0.966. The molecule has 78 valence electrons. The van der Waals surface area contributed by atoms with Crippen LogP contribution in [0, 0.1) is 5.92 Å². The molecule has 0 spiro atoms. The van der Waals surface area contributed by atoms with Crippen LogP contribution < -0.4 is 10.6 Å². The maximum absolute atomic E-state index is 4.09. The molecule has 1 aliphatic carbocycles. The highest BCUT2D eigenvalue weighted by Gasteiger charge is 2.19. The molecule has 14 heavy (non-hydrogen) atoms. The molecular weight excluding hydrogens is 176 g/mol. The molecule has 0 bridgehead atoms. The van der Waals surface area contributed by atoms with Crippen LogP contribution in [0.2, 0.25) is 0 Å². The Morgan fingerprint density at radius 2 is 2.36 bits per heavy atom. The molecule has 0 amide bonds. The molecule has 2 rings (SSSR count). The second-order valence-electron chi connectivity index (χ2n) is 3.98. The maximum atomic E-state index is 4.09. The van der Waals surface area contributed by atoms with Crippen molar-refractivity contribution in [3.63, 3.8) is 0 Å². The summed E-state index contributed by atoms with van der Waals surface area (Å²) in [6.07, 6.45) is 6.67. The highest BCUT2D eigenvalue weighted by Crippen LogP contribution is 2.27. The van der Waals surface area contributed by atoms with Crippen molar-refractivity contribution in [2.75, 3.05) is 25.0 Å². The molecule has 4 nitrogen and oxygen atoms in total. The number of rotatable bonds is 6. The number of nitrogens with one attached hydrogen (secondary N) is 2. The molecule has 1 aromatic heterocycles. The van der Waals surface area contributed by atoms with Gasteiger partial charge in [0, 0.05) is 26.3 Å². The number of anilines is 1. The zero-order valence-electron chi connectivity index (χ0n) is 8.66. The number of hydrogen-bond acceptors (Lipinski definition) is 3. The number of nitrogens with zero attached hydrogens (tertiary/aromatic N) is 2. The zero-order valence-corrected chi connectivity index (χ0v) is 8.66. The van der Waals surface area contributed by atoms with Gasteiger partial charge in [0.2, 0.25) is 0 Å². The standard InChI is InChI=1S/C10H18N4/c1-14-8-10(7-13-14)12-5-4-11-6-9-2-3-9/h7-9,11-12H,2-6H2,1H3. The van der Waals surface area contributed by atoms with Crippen molar-refractivity contribution in [1.82, 2.24) is 15.1 Å². The normalized spacial score (nSPS) is 15.8. The zero-order chi connectivity index (χ0) is 9.80. The van der Waals surface area contributed by atoms with Gasteiger partial charge in [-0.1, -0.05) is 0 Å². The van der Waals surface area contributed by atoms with Crippen molar-refractivity contribution in [2.45, 2.75) is 12.8 Å². The van der Waals surface area contributed by atoms with Crippen LogP contribution in [0.1, 0.15) is 12.8 Å². The number of hydrogen-bond donors (Lipinski definition) is 2. The van der Waals surface area contributed by atoms with Crippen LogP contribution in [-0.4, -0.2) is 29.4 Å². The van der Waals surface area contributed by atoms with Gasteiger partial charge in [-0.05, 0) is 25.3 Å². The quantitative estimate of drug-likeness (QED) is 0.659. The van der Waals surface area contributed by atoms with E-state index in [-0.39, 0.29) is 0 Å². The minimum Gasteiger partial charge on any atom is -0.381 e. The molecule has 1 fully saturated rings. The first-order chi connectivity index (χ1) is 6.84. The SMILES string of the molecule is Cn1cc(NCCNCC2CC2)cn1. The van der Waals surface area contributed by atoms with Gasteiger partial charge < -0.3 is 10.6 Å². The van der Waals surface area contributed by atoms with Crippen molar-refractivity contribution in [1.29, 1.82) is 0 Å². The van der Waals surface area contributed by atoms with Crippen LogP contribution in [-0.2, 0) is 7.05 Å². The number of aryl methyl sites for hydroxylation is 1.